The highest BCUT2D eigenvalue weighted by molar-refractivity contribution is 7.99. The Morgan fingerprint density at radius 2 is 2.25 bits per heavy atom. The standard InChI is InChI=1S/C10H13N5S/c1-5-16-6-2-8(1)13-9-10-14-12-7-15(10)4-3-11-9/h3-4,7-8H,1-2,5-6H2,(H,11,13). The Bertz CT molecular complexity index is 477. The minimum Gasteiger partial charge on any atom is -0.364 e. The third-order valence-corrected chi connectivity index (χ3v) is 3.83. The zero-order valence-electron chi connectivity index (χ0n) is 8.83. The van der Waals surface area contributed by atoms with E-state index in [-0.39, 0.29) is 0 Å². The molecule has 0 spiro atoms. The van der Waals surface area contributed by atoms with Gasteiger partial charge in [-0.05, 0) is 24.3 Å². The van der Waals surface area contributed by atoms with E-state index in [4.69, 9.17) is 0 Å². The van der Waals surface area contributed by atoms with E-state index in [1.807, 2.05) is 22.4 Å². The van der Waals surface area contributed by atoms with E-state index in [9.17, 15) is 0 Å². The Morgan fingerprint density at radius 3 is 3.12 bits per heavy atom. The van der Waals surface area contributed by atoms with Crippen molar-refractivity contribution in [2.75, 3.05) is 16.8 Å². The molecule has 0 unspecified atom stereocenters. The molecular weight excluding hydrogens is 222 g/mol. The molecule has 16 heavy (non-hydrogen) atoms. The van der Waals surface area contributed by atoms with Gasteiger partial charge < -0.3 is 5.32 Å². The summed E-state index contributed by atoms with van der Waals surface area (Å²) in [7, 11) is 0. The molecule has 0 atom stereocenters. The van der Waals surface area contributed by atoms with Gasteiger partial charge in [-0.3, -0.25) is 4.40 Å². The molecule has 2 aromatic rings. The number of aromatic nitrogens is 4. The summed E-state index contributed by atoms with van der Waals surface area (Å²) in [4.78, 5) is 4.33. The summed E-state index contributed by atoms with van der Waals surface area (Å²) in [5, 5.41) is 11.4. The summed E-state index contributed by atoms with van der Waals surface area (Å²) >= 11 is 2.02. The van der Waals surface area contributed by atoms with Crippen LogP contribution in [-0.4, -0.2) is 37.1 Å². The summed E-state index contributed by atoms with van der Waals surface area (Å²) in [6.07, 6.45) is 7.72. The Labute approximate surface area is 97.7 Å². The van der Waals surface area contributed by atoms with Crippen LogP contribution in [0.1, 0.15) is 12.8 Å². The van der Waals surface area contributed by atoms with Gasteiger partial charge in [0.25, 0.3) is 0 Å². The van der Waals surface area contributed by atoms with Gasteiger partial charge in [0.2, 0.25) is 5.65 Å². The van der Waals surface area contributed by atoms with Crippen molar-refractivity contribution in [2.24, 2.45) is 0 Å². The van der Waals surface area contributed by atoms with Crippen LogP contribution in [0.25, 0.3) is 5.65 Å². The Hall–Kier alpha value is -1.30. The largest absolute Gasteiger partial charge is 0.364 e. The van der Waals surface area contributed by atoms with E-state index < -0.39 is 0 Å². The Morgan fingerprint density at radius 1 is 1.38 bits per heavy atom. The van der Waals surface area contributed by atoms with Crippen molar-refractivity contribution in [1.29, 1.82) is 0 Å². The number of fused-ring (bicyclic) bond motifs is 1. The second-order valence-electron chi connectivity index (χ2n) is 3.87. The maximum Gasteiger partial charge on any atom is 0.203 e. The zero-order valence-corrected chi connectivity index (χ0v) is 9.65. The molecule has 0 radical (unpaired) electrons. The van der Waals surface area contributed by atoms with Crippen molar-refractivity contribution in [2.45, 2.75) is 18.9 Å². The molecule has 3 heterocycles. The molecule has 1 saturated heterocycles. The molecular formula is C10H13N5S. The number of rotatable bonds is 2. The smallest absolute Gasteiger partial charge is 0.203 e. The number of hydrogen-bond acceptors (Lipinski definition) is 5. The molecule has 2 aromatic heterocycles. The van der Waals surface area contributed by atoms with E-state index in [1.165, 1.54) is 24.3 Å². The molecule has 0 aromatic carbocycles. The van der Waals surface area contributed by atoms with Crippen LogP contribution in [0.2, 0.25) is 0 Å². The lowest BCUT2D eigenvalue weighted by Gasteiger charge is -2.22. The highest BCUT2D eigenvalue weighted by Crippen LogP contribution is 2.21. The van der Waals surface area contributed by atoms with E-state index in [0.29, 0.717) is 6.04 Å². The monoisotopic (exact) mass is 235 g/mol. The molecule has 1 aliphatic heterocycles. The van der Waals surface area contributed by atoms with Gasteiger partial charge in [-0.25, -0.2) is 4.98 Å². The predicted molar refractivity (Wildman–Crippen MR) is 64.8 cm³/mol. The Balaban J connectivity index is 1.85. The fourth-order valence-electron chi connectivity index (χ4n) is 1.90. The maximum absolute atomic E-state index is 4.33. The highest BCUT2D eigenvalue weighted by atomic mass is 32.2. The fourth-order valence-corrected chi connectivity index (χ4v) is 3.00. The quantitative estimate of drug-likeness (QED) is 0.853. The van der Waals surface area contributed by atoms with Gasteiger partial charge >= 0.3 is 0 Å². The van der Waals surface area contributed by atoms with E-state index in [0.717, 1.165) is 11.5 Å². The number of anilines is 1. The second-order valence-corrected chi connectivity index (χ2v) is 5.09. The molecule has 6 heteroatoms. The highest BCUT2D eigenvalue weighted by Gasteiger charge is 2.15. The van der Waals surface area contributed by atoms with Gasteiger partial charge in [-0.15, -0.1) is 10.2 Å². The first-order valence-electron chi connectivity index (χ1n) is 5.42. The van der Waals surface area contributed by atoms with Crippen LogP contribution in [0.3, 0.4) is 0 Å². The van der Waals surface area contributed by atoms with Crippen LogP contribution in [0.15, 0.2) is 18.7 Å². The summed E-state index contributed by atoms with van der Waals surface area (Å²) < 4.78 is 1.88. The average Bonchev–Trinajstić information content (AvgIpc) is 2.80. The van der Waals surface area contributed by atoms with Crippen molar-refractivity contribution in [3.63, 3.8) is 0 Å². The van der Waals surface area contributed by atoms with E-state index in [1.54, 1.807) is 12.5 Å². The maximum atomic E-state index is 4.33. The summed E-state index contributed by atoms with van der Waals surface area (Å²) in [6.45, 7) is 0. The van der Waals surface area contributed by atoms with Crippen molar-refractivity contribution >= 4 is 23.2 Å². The molecule has 0 saturated carbocycles. The second kappa shape index (κ2) is 4.29. The minimum absolute atomic E-state index is 0.525. The third-order valence-electron chi connectivity index (χ3n) is 2.78. The van der Waals surface area contributed by atoms with Gasteiger partial charge in [0, 0.05) is 18.4 Å². The summed E-state index contributed by atoms with van der Waals surface area (Å²) in [6, 6.07) is 0.525. The summed E-state index contributed by atoms with van der Waals surface area (Å²) in [5.41, 5.74) is 0.806. The van der Waals surface area contributed by atoms with Gasteiger partial charge in [0.15, 0.2) is 5.82 Å². The van der Waals surface area contributed by atoms with E-state index >= 15 is 0 Å². The fraction of sp³-hybridized carbons (Fsp3) is 0.500. The molecule has 84 valence electrons. The number of nitrogens with zero attached hydrogens (tertiary/aromatic N) is 4. The van der Waals surface area contributed by atoms with Gasteiger partial charge in [-0.2, -0.15) is 11.8 Å². The van der Waals surface area contributed by atoms with Crippen LogP contribution < -0.4 is 5.32 Å². The number of thioether (sulfide) groups is 1. The predicted octanol–water partition coefficient (Wildman–Crippen LogP) is 1.43. The number of nitrogens with one attached hydrogen (secondary N) is 1. The van der Waals surface area contributed by atoms with Crippen molar-refractivity contribution < 1.29 is 0 Å². The topological polar surface area (TPSA) is 55.1 Å². The van der Waals surface area contributed by atoms with Gasteiger partial charge in [0.1, 0.15) is 6.33 Å². The third kappa shape index (κ3) is 1.84. The van der Waals surface area contributed by atoms with Crippen molar-refractivity contribution in [3.05, 3.63) is 18.7 Å². The van der Waals surface area contributed by atoms with Crippen LogP contribution in [-0.2, 0) is 0 Å². The van der Waals surface area contributed by atoms with Gasteiger partial charge in [-0.1, -0.05) is 0 Å². The lowest BCUT2D eigenvalue weighted by Crippen LogP contribution is -2.25. The molecule has 0 aliphatic carbocycles. The van der Waals surface area contributed by atoms with Crippen molar-refractivity contribution in [1.82, 2.24) is 19.6 Å². The van der Waals surface area contributed by atoms with Crippen LogP contribution in [0.5, 0.6) is 0 Å². The lowest BCUT2D eigenvalue weighted by molar-refractivity contribution is 0.664. The first kappa shape index (κ1) is 9.89. The molecule has 3 rings (SSSR count). The van der Waals surface area contributed by atoms with Crippen LogP contribution in [0.4, 0.5) is 5.82 Å². The molecule has 0 bridgehead atoms. The lowest BCUT2D eigenvalue weighted by atomic mass is 10.1. The average molecular weight is 235 g/mol. The van der Waals surface area contributed by atoms with Crippen LogP contribution in [0, 0.1) is 0 Å². The first-order valence-corrected chi connectivity index (χ1v) is 6.57. The molecule has 5 nitrogen and oxygen atoms in total. The zero-order chi connectivity index (χ0) is 10.8. The number of hydrogen-bond donors (Lipinski definition) is 1. The summed E-state index contributed by atoms with van der Waals surface area (Å²) in [5.74, 6) is 3.30. The molecule has 1 aliphatic rings. The Kier molecular flexibility index (Phi) is 2.65. The van der Waals surface area contributed by atoms with Gasteiger partial charge in [0.05, 0.1) is 0 Å². The van der Waals surface area contributed by atoms with Crippen molar-refractivity contribution in [3.8, 4) is 0 Å². The van der Waals surface area contributed by atoms with E-state index in [2.05, 4.69) is 20.5 Å². The normalized spacial score (nSPS) is 17.8. The van der Waals surface area contributed by atoms with Crippen LogP contribution >= 0.6 is 11.8 Å². The minimum atomic E-state index is 0.525. The molecule has 1 fully saturated rings. The molecule has 1 N–H and O–H groups in total. The first-order chi connectivity index (χ1) is 7.93. The SMILES string of the molecule is c1cn2cnnc2c(NC2CCSCC2)n1. The molecule has 0 amide bonds.